The molecule has 0 saturated carbocycles. The standard InChI is InChI=1S/C23H24N4O3/c1-5-18-21-26(4)22(28)17-11-13(2)10-16(20(17)27(21)12-24-18)14(3)25-19-9-7-6-8-15(19)23(29)30/h6-12,14,25H,5H2,1-4H3,(H,29,30). The molecule has 1 atom stereocenters. The van der Waals surface area contributed by atoms with E-state index in [9.17, 15) is 14.7 Å². The van der Waals surface area contributed by atoms with Gasteiger partial charge >= 0.3 is 5.97 Å². The smallest absolute Gasteiger partial charge is 0.337 e. The number of carbonyl (C=O) groups is 1. The highest BCUT2D eigenvalue weighted by Crippen LogP contribution is 2.29. The van der Waals surface area contributed by atoms with Gasteiger partial charge in [-0.3, -0.25) is 13.8 Å². The number of fused-ring (bicyclic) bond motifs is 3. The number of carboxylic acid groups (broad SMARTS) is 1. The second-order valence-electron chi connectivity index (χ2n) is 7.57. The molecule has 2 aromatic carbocycles. The summed E-state index contributed by atoms with van der Waals surface area (Å²) in [4.78, 5) is 29.3. The van der Waals surface area contributed by atoms with Gasteiger partial charge in [-0.2, -0.15) is 0 Å². The van der Waals surface area contributed by atoms with Crippen molar-refractivity contribution in [1.29, 1.82) is 0 Å². The van der Waals surface area contributed by atoms with Gasteiger partial charge in [-0.25, -0.2) is 9.78 Å². The minimum Gasteiger partial charge on any atom is -0.478 e. The van der Waals surface area contributed by atoms with E-state index >= 15 is 0 Å². The lowest BCUT2D eigenvalue weighted by atomic mass is 10.00. The van der Waals surface area contributed by atoms with E-state index in [0.29, 0.717) is 11.1 Å². The van der Waals surface area contributed by atoms with Crippen LogP contribution in [0.1, 0.15) is 47.1 Å². The van der Waals surface area contributed by atoms with Crippen LogP contribution in [0.3, 0.4) is 0 Å². The number of nitrogens with zero attached hydrogens (tertiary/aromatic N) is 3. The van der Waals surface area contributed by atoms with Gasteiger partial charge < -0.3 is 10.4 Å². The monoisotopic (exact) mass is 404 g/mol. The molecule has 7 nitrogen and oxygen atoms in total. The van der Waals surface area contributed by atoms with Crippen molar-refractivity contribution in [3.05, 3.63) is 75.5 Å². The average molecular weight is 404 g/mol. The second kappa shape index (κ2) is 7.33. The Morgan fingerprint density at radius 2 is 2.00 bits per heavy atom. The fourth-order valence-corrected chi connectivity index (χ4v) is 4.10. The first-order chi connectivity index (χ1) is 14.3. The lowest BCUT2D eigenvalue weighted by molar-refractivity contribution is 0.0698. The third kappa shape index (κ3) is 3.03. The number of aromatic nitrogens is 3. The minimum absolute atomic E-state index is 0.0733. The molecule has 0 spiro atoms. The van der Waals surface area contributed by atoms with Crippen LogP contribution in [0.2, 0.25) is 0 Å². The van der Waals surface area contributed by atoms with Crippen molar-refractivity contribution in [2.75, 3.05) is 5.32 Å². The van der Waals surface area contributed by atoms with Crippen molar-refractivity contribution in [3.8, 4) is 0 Å². The number of imidazole rings is 1. The zero-order chi connectivity index (χ0) is 21.6. The van der Waals surface area contributed by atoms with Gasteiger partial charge in [-0.15, -0.1) is 0 Å². The number of nitrogens with one attached hydrogen (secondary N) is 1. The van der Waals surface area contributed by atoms with E-state index in [1.54, 1.807) is 42.2 Å². The van der Waals surface area contributed by atoms with Crippen LogP contribution >= 0.6 is 0 Å². The highest BCUT2D eigenvalue weighted by molar-refractivity contribution is 5.94. The number of hydrogen-bond donors (Lipinski definition) is 2. The molecule has 30 heavy (non-hydrogen) atoms. The third-order valence-corrected chi connectivity index (χ3v) is 5.52. The van der Waals surface area contributed by atoms with Gasteiger partial charge in [0.1, 0.15) is 12.0 Å². The second-order valence-corrected chi connectivity index (χ2v) is 7.57. The van der Waals surface area contributed by atoms with Crippen molar-refractivity contribution in [2.24, 2.45) is 7.05 Å². The molecule has 2 aromatic heterocycles. The molecule has 4 rings (SSSR count). The molecule has 0 aliphatic heterocycles. The van der Waals surface area contributed by atoms with Gasteiger partial charge in [0.25, 0.3) is 5.56 Å². The Bertz CT molecular complexity index is 1350. The molecule has 0 amide bonds. The van der Waals surface area contributed by atoms with Crippen molar-refractivity contribution in [2.45, 2.75) is 33.2 Å². The minimum atomic E-state index is -0.988. The molecule has 1 unspecified atom stereocenters. The maximum absolute atomic E-state index is 13.2. The van der Waals surface area contributed by atoms with E-state index in [1.165, 1.54) is 0 Å². The SMILES string of the molecule is CCc1ncn2c3c(C(C)Nc4ccccc4C(=O)O)cc(C)cc3c(=O)n(C)c12. The van der Waals surface area contributed by atoms with E-state index in [4.69, 9.17) is 0 Å². The number of anilines is 1. The zero-order valence-corrected chi connectivity index (χ0v) is 17.4. The van der Waals surface area contributed by atoms with Gasteiger partial charge in [0.15, 0.2) is 0 Å². The van der Waals surface area contributed by atoms with Crippen LogP contribution in [0, 0.1) is 6.92 Å². The lowest BCUT2D eigenvalue weighted by Crippen LogP contribution is -2.22. The summed E-state index contributed by atoms with van der Waals surface area (Å²) in [5, 5.41) is 13.4. The highest BCUT2D eigenvalue weighted by Gasteiger charge is 2.20. The van der Waals surface area contributed by atoms with Crippen LogP contribution in [-0.2, 0) is 13.5 Å². The predicted molar refractivity (Wildman–Crippen MR) is 117 cm³/mol. The van der Waals surface area contributed by atoms with Crippen LogP contribution < -0.4 is 10.9 Å². The molecule has 0 aliphatic rings. The van der Waals surface area contributed by atoms with Crippen molar-refractivity contribution in [3.63, 3.8) is 0 Å². The van der Waals surface area contributed by atoms with Gasteiger partial charge in [0.2, 0.25) is 0 Å². The van der Waals surface area contributed by atoms with E-state index in [1.807, 2.05) is 37.3 Å². The maximum Gasteiger partial charge on any atom is 0.337 e. The number of carboxylic acids is 1. The predicted octanol–water partition coefficient (Wildman–Crippen LogP) is 3.93. The molecule has 0 fully saturated rings. The Balaban J connectivity index is 1.97. The van der Waals surface area contributed by atoms with Crippen molar-refractivity contribution in [1.82, 2.24) is 14.0 Å². The summed E-state index contributed by atoms with van der Waals surface area (Å²) in [5.74, 6) is -0.988. The van der Waals surface area contributed by atoms with Gasteiger partial charge in [0.05, 0.1) is 28.2 Å². The summed E-state index contributed by atoms with van der Waals surface area (Å²) in [7, 11) is 1.77. The number of aromatic carboxylic acids is 1. The van der Waals surface area contributed by atoms with E-state index in [2.05, 4.69) is 10.3 Å². The number of rotatable bonds is 5. The molecular formula is C23H24N4O3. The van der Waals surface area contributed by atoms with E-state index < -0.39 is 5.97 Å². The van der Waals surface area contributed by atoms with Crippen molar-refractivity contribution >= 4 is 28.2 Å². The fourth-order valence-electron chi connectivity index (χ4n) is 4.10. The summed E-state index contributed by atoms with van der Waals surface area (Å²) < 4.78 is 3.61. The molecular weight excluding hydrogens is 380 g/mol. The summed E-state index contributed by atoms with van der Waals surface area (Å²) in [6, 6.07) is 10.5. The van der Waals surface area contributed by atoms with E-state index in [-0.39, 0.29) is 17.2 Å². The molecule has 0 radical (unpaired) electrons. The third-order valence-electron chi connectivity index (χ3n) is 5.52. The Morgan fingerprint density at radius 1 is 1.27 bits per heavy atom. The maximum atomic E-state index is 13.2. The summed E-state index contributed by atoms with van der Waals surface area (Å²) >= 11 is 0. The summed E-state index contributed by atoms with van der Waals surface area (Å²) in [6.45, 7) is 5.93. The quantitative estimate of drug-likeness (QED) is 0.526. The molecule has 2 N–H and O–H groups in total. The lowest BCUT2D eigenvalue weighted by Gasteiger charge is -2.21. The first-order valence-corrected chi connectivity index (χ1v) is 9.91. The van der Waals surface area contributed by atoms with Crippen LogP contribution in [0.15, 0.2) is 47.5 Å². The molecule has 4 aromatic rings. The molecule has 0 aliphatic carbocycles. The number of aryl methyl sites for hydroxylation is 3. The van der Waals surface area contributed by atoms with Crippen LogP contribution in [-0.4, -0.2) is 25.0 Å². The molecule has 2 heterocycles. The zero-order valence-electron chi connectivity index (χ0n) is 17.4. The Labute approximate surface area is 173 Å². The number of hydrogen-bond acceptors (Lipinski definition) is 4. The van der Waals surface area contributed by atoms with Gasteiger partial charge in [0, 0.05) is 12.7 Å². The number of para-hydroxylation sites is 1. The van der Waals surface area contributed by atoms with Gasteiger partial charge in [-0.05, 0) is 49.6 Å². The van der Waals surface area contributed by atoms with E-state index in [0.717, 1.165) is 34.4 Å². The Morgan fingerprint density at radius 3 is 2.70 bits per heavy atom. The topological polar surface area (TPSA) is 88.6 Å². The van der Waals surface area contributed by atoms with Crippen LogP contribution in [0.25, 0.3) is 16.6 Å². The summed E-state index contributed by atoms with van der Waals surface area (Å²) in [5.41, 5.74) is 4.97. The highest BCUT2D eigenvalue weighted by atomic mass is 16.4. The average Bonchev–Trinajstić information content (AvgIpc) is 3.15. The molecule has 0 saturated heterocycles. The Kier molecular flexibility index (Phi) is 4.81. The first kappa shape index (κ1) is 19.7. The van der Waals surface area contributed by atoms with Crippen molar-refractivity contribution < 1.29 is 9.90 Å². The number of benzene rings is 2. The summed E-state index contributed by atoms with van der Waals surface area (Å²) in [6.07, 6.45) is 2.48. The largest absolute Gasteiger partial charge is 0.478 e. The molecule has 7 heteroatoms. The van der Waals surface area contributed by atoms with Crippen LogP contribution in [0.5, 0.6) is 0 Å². The molecule has 154 valence electrons. The Hall–Kier alpha value is -3.61. The van der Waals surface area contributed by atoms with Crippen LogP contribution in [0.4, 0.5) is 5.69 Å². The van der Waals surface area contributed by atoms with Gasteiger partial charge in [-0.1, -0.05) is 25.1 Å². The normalized spacial score (nSPS) is 12.4. The molecule has 0 bridgehead atoms. The first-order valence-electron chi connectivity index (χ1n) is 9.91. The fraction of sp³-hybridized carbons (Fsp3) is 0.261.